The highest BCUT2D eigenvalue weighted by molar-refractivity contribution is 7.17. The van der Waals surface area contributed by atoms with Crippen LogP contribution in [0.2, 0.25) is 0 Å². The highest BCUT2D eigenvalue weighted by Crippen LogP contribution is 2.44. The van der Waals surface area contributed by atoms with Gasteiger partial charge in [0, 0.05) is 22.0 Å². The maximum atomic E-state index is 12.7. The summed E-state index contributed by atoms with van der Waals surface area (Å²) in [5.41, 5.74) is 3.47. The third-order valence-electron chi connectivity index (χ3n) is 5.31. The molecule has 2 aromatic rings. The SMILES string of the molecule is Cc1cccc2c1-c1sc(C(=O)N[C@H]3CCCC[C@H]3C)cc1CO2. The van der Waals surface area contributed by atoms with Crippen LogP contribution in [0.1, 0.15) is 53.4 Å². The number of hydrogen-bond donors (Lipinski definition) is 1. The Balaban J connectivity index is 1.61. The molecular weight excluding hydrogens is 318 g/mol. The van der Waals surface area contributed by atoms with E-state index in [9.17, 15) is 4.79 Å². The van der Waals surface area contributed by atoms with Crippen molar-refractivity contribution in [1.82, 2.24) is 5.32 Å². The van der Waals surface area contributed by atoms with Crippen molar-refractivity contribution in [3.8, 4) is 16.2 Å². The van der Waals surface area contributed by atoms with Crippen LogP contribution in [0.15, 0.2) is 24.3 Å². The van der Waals surface area contributed by atoms with E-state index < -0.39 is 0 Å². The predicted octanol–water partition coefficient (Wildman–Crippen LogP) is 4.92. The molecule has 3 nitrogen and oxygen atoms in total. The van der Waals surface area contributed by atoms with E-state index in [2.05, 4.69) is 25.2 Å². The number of ether oxygens (including phenoxy) is 1. The number of aryl methyl sites for hydroxylation is 1. The minimum atomic E-state index is 0.0725. The molecular formula is C20H23NO2S. The summed E-state index contributed by atoms with van der Waals surface area (Å²) in [4.78, 5) is 14.7. The van der Waals surface area contributed by atoms with Gasteiger partial charge < -0.3 is 10.1 Å². The van der Waals surface area contributed by atoms with Gasteiger partial charge in [0.05, 0.1) is 4.88 Å². The molecule has 2 atom stereocenters. The average molecular weight is 341 g/mol. The first-order valence-corrected chi connectivity index (χ1v) is 9.61. The fourth-order valence-corrected chi connectivity index (χ4v) is 5.02. The smallest absolute Gasteiger partial charge is 0.261 e. The zero-order valence-electron chi connectivity index (χ0n) is 14.2. The second kappa shape index (κ2) is 6.25. The Hall–Kier alpha value is -1.81. The number of amides is 1. The van der Waals surface area contributed by atoms with E-state index in [1.165, 1.54) is 29.7 Å². The van der Waals surface area contributed by atoms with Crippen molar-refractivity contribution in [2.45, 2.75) is 52.2 Å². The van der Waals surface area contributed by atoms with E-state index in [-0.39, 0.29) is 5.91 Å². The summed E-state index contributed by atoms with van der Waals surface area (Å²) in [7, 11) is 0. The fourth-order valence-electron chi connectivity index (χ4n) is 3.84. The molecule has 1 aliphatic heterocycles. The zero-order valence-corrected chi connectivity index (χ0v) is 15.0. The molecule has 1 fully saturated rings. The molecule has 0 saturated heterocycles. The Labute approximate surface area is 147 Å². The van der Waals surface area contributed by atoms with Crippen LogP contribution >= 0.6 is 11.3 Å². The Kier molecular flexibility index (Phi) is 4.09. The van der Waals surface area contributed by atoms with Gasteiger partial charge in [0.1, 0.15) is 12.4 Å². The lowest BCUT2D eigenvalue weighted by Crippen LogP contribution is -2.40. The second-order valence-corrected chi connectivity index (χ2v) is 8.10. The molecule has 0 radical (unpaired) electrons. The van der Waals surface area contributed by atoms with Gasteiger partial charge in [-0.15, -0.1) is 11.3 Å². The van der Waals surface area contributed by atoms with Gasteiger partial charge >= 0.3 is 0 Å². The minimum absolute atomic E-state index is 0.0725. The first-order valence-electron chi connectivity index (χ1n) is 8.80. The molecule has 0 bridgehead atoms. The number of thiophene rings is 1. The lowest BCUT2D eigenvalue weighted by molar-refractivity contribution is 0.0914. The van der Waals surface area contributed by atoms with Crippen LogP contribution < -0.4 is 10.1 Å². The molecule has 24 heavy (non-hydrogen) atoms. The van der Waals surface area contributed by atoms with Gasteiger partial charge in [-0.05, 0) is 43.4 Å². The monoisotopic (exact) mass is 341 g/mol. The number of rotatable bonds is 2. The number of hydrogen-bond acceptors (Lipinski definition) is 3. The van der Waals surface area contributed by atoms with Crippen LogP contribution in [0.3, 0.4) is 0 Å². The summed E-state index contributed by atoms with van der Waals surface area (Å²) in [6, 6.07) is 8.45. The van der Waals surface area contributed by atoms with Gasteiger partial charge in [-0.2, -0.15) is 0 Å². The molecule has 1 N–H and O–H groups in total. The fraction of sp³-hybridized carbons (Fsp3) is 0.450. The highest BCUT2D eigenvalue weighted by atomic mass is 32.1. The second-order valence-electron chi connectivity index (χ2n) is 7.04. The van der Waals surface area contributed by atoms with E-state index >= 15 is 0 Å². The molecule has 1 aliphatic carbocycles. The molecule has 2 heterocycles. The Bertz CT molecular complexity index is 780. The summed E-state index contributed by atoms with van der Waals surface area (Å²) < 4.78 is 5.87. The predicted molar refractivity (Wildman–Crippen MR) is 97.7 cm³/mol. The molecule has 4 rings (SSSR count). The van der Waals surface area contributed by atoms with Crippen molar-refractivity contribution in [2.75, 3.05) is 0 Å². The van der Waals surface area contributed by atoms with Crippen LogP contribution in [-0.4, -0.2) is 11.9 Å². The molecule has 1 amide bonds. The van der Waals surface area contributed by atoms with Crippen molar-refractivity contribution in [3.63, 3.8) is 0 Å². The van der Waals surface area contributed by atoms with Crippen molar-refractivity contribution in [3.05, 3.63) is 40.3 Å². The largest absolute Gasteiger partial charge is 0.488 e. The van der Waals surface area contributed by atoms with Crippen molar-refractivity contribution >= 4 is 17.2 Å². The lowest BCUT2D eigenvalue weighted by atomic mass is 9.86. The topological polar surface area (TPSA) is 38.3 Å². The van der Waals surface area contributed by atoms with Crippen LogP contribution in [0.25, 0.3) is 10.4 Å². The van der Waals surface area contributed by atoms with E-state index in [4.69, 9.17) is 4.74 Å². The van der Waals surface area contributed by atoms with Crippen molar-refractivity contribution in [2.24, 2.45) is 5.92 Å². The maximum Gasteiger partial charge on any atom is 0.261 e. The van der Waals surface area contributed by atoms with Gasteiger partial charge in [0.25, 0.3) is 5.91 Å². The molecule has 1 aromatic heterocycles. The van der Waals surface area contributed by atoms with Gasteiger partial charge in [-0.3, -0.25) is 4.79 Å². The minimum Gasteiger partial charge on any atom is -0.488 e. The molecule has 126 valence electrons. The Morgan fingerprint density at radius 2 is 2.12 bits per heavy atom. The van der Waals surface area contributed by atoms with Gasteiger partial charge in [-0.25, -0.2) is 0 Å². The van der Waals surface area contributed by atoms with E-state index in [1.54, 1.807) is 11.3 Å². The molecule has 1 aromatic carbocycles. The standard InChI is InChI=1S/C20H23NO2S/c1-12-6-3-4-8-15(12)21-20(22)17-10-14-11-23-16-9-5-7-13(2)18(16)19(14)24-17/h5,7,9-10,12,15H,3-4,6,8,11H2,1-2H3,(H,21,22)/t12-,15+/m1/s1. The third kappa shape index (κ3) is 2.73. The first-order chi connectivity index (χ1) is 11.6. The molecule has 4 heteroatoms. The van der Waals surface area contributed by atoms with E-state index in [0.717, 1.165) is 28.2 Å². The lowest BCUT2D eigenvalue weighted by Gasteiger charge is -2.29. The summed E-state index contributed by atoms with van der Waals surface area (Å²) in [5, 5.41) is 3.26. The zero-order chi connectivity index (χ0) is 16.7. The third-order valence-corrected chi connectivity index (χ3v) is 6.50. The summed E-state index contributed by atoms with van der Waals surface area (Å²) >= 11 is 1.60. The van der Waals surface area contributed by atoms with E-state index in [0.29, 0.717) is 18.6 Å². The summed E-state index contributed by atoms with van der Waals surface area (Å²) in [6.45, 7) is 4.90. The number of fused-ring (bicyclic) bond motifs is 3. The number of nitrogens with one attached hydrogen (secondary N) is 1. The number of carbonyl (C=O) groups excluding carboxylic acids is 1. The maximum absolute atomic E-state index is 12.7. The molecule has 0 unspecified atom stereocenters. The molecule has 2 aliphatic rings. The Morgan fingerprint density at radius 3 is 2.96 bits per heavy atom. The highest BCUT2D eigenvalue weighted by Gasteiger charge is 2.27. The summed E-state index contributed by atoms with van der Waals surface area (Å²) in [6.07, 6.45) is 4.82. The normalized spacial score (nSPS) is 22.2. The number of benzene rings is 1. The van der Waals surface area contributed by atoms with Crippen molar-refractivity contribution < 1.29 is 9.53 Å². The van der Waals surface area contributed by atoms with Crippen LogP contribution in [0, 0.1) is 12.8 Å². The van der Waals surface area contributed by atoms with Crippen LogP contribution in [0.5, 0.6) is 5.75 Å². The van der Waals surface area contributed by atoms with Gasteiger partial charge in [0.2, 0.25) is 0 Å². The molecule has 0 spiro atoms. The average Bonchev–Trinajstić information content (AvgIpc) is 3.01. The van der Waals surface area contributed by atoms with Gasteiger partial charge in [0.15, 0.2) is 0 Å². The number of carbonyl (C=O) groups is 1. The van der Waals surface area contributed by atoms with Crippen molar-refractivity contribution in [1.29, 1.82) is 0 Å². The quantitative estimate of drug-likeness (QED) is 0.841. The molecule has 1 saturated carbocycles. The van der Waals surface area contributed by atoms with Gasteiger partial charge in [-0.1, -0.05) is 31.9 Å². The first kappa shape index (κ1) is 15.7. The van der Waals surface area contributed by atoms with E-state index in [1.807, 2.05) is 18.2 Å². The summed E-state index contributed by atoms with van der Waals surface area (Å²) in [5.74, 6) is 1.57. The Morgan fingerprint density at radius 1 is 1.29 bits per heavy atom. The van der Waals surface area contributed by atoms with Crippen LogP contribution in [-0.2, 0) is 6.61 Å². The van der Waals surface area contributed by atoms with Crippen LogP contribution in [0.4, 0.5) is 0 Å².